The van der Waals surface area contributed by atoms with Gasteiger partial charge >= 0.3 is 0 Å². The average Bonchev–Trinajstić information content (AvgIpc) is 3.68. The van der Waals surface area contributed by atoms with Gasteiger partial charge in [0.05, 0.1) is 0 Å². The minimum atomic E-state index is -0.0128. The molecule has 12 rings (SSSR count). The first-order valence-corrected chi connectivity index (χ1v) is 25.8. The van der Waals surface area contributed by atoms with Crippen molar-refractivity contribution >= 4 is 74.3 Å². The minimum absolute atomic E-state index is 0.0128. The summed E-state index contributed by atoms with van der Waals surface area (Å²) in [5.41, 5.74) is 27.2. The van der Waals surface area contributed by atoms with E-state index >= 15 is 0 Å². The maximum absolute atomic E-state index is 2.69. The molecule has 0 aromatic heterocycles. The molecular formula is C65H70BN3. The van der Waals surface area contributed by atoms with Gasteiger partial charge in [-0.05, 0) is 205 Å². The Labute approximate surface area is 413 Å². The van der Waals surface area contributed by atoms with Crippen LogP contribution in [0.25, 0.3) is 0 Å². The fourth-order valence-corrected chi connectivity index (χ4v) is 15.3. The second kappa shape index (κ2) is 14.3. The Morgan fingerprint density at radius 1 is 0.377 bits per heavy atom. The molecule has 7 aromatic carbocycles. The summed E-state index contributed by atoms with van der Waals surface area (Å²) >= 11 is 0. The van der Waals surface area contributed by atoms with Gasteiger partial charge in [0, 0.05) is 51.2 Å². The van der Waals surface area contributed by atoms with E-state index in [4.69, 9.17) is 0 Å². The molecule has 0 radical (unpaired) electrons. The molecule has 0 atom stereocenters. The largest absolute Gasteiger partial charge is 0.311 e. The van der Waals surface area contributed by atoms with Gasteiger partial charge in [-0.2, -0.15) is 0 Å². The van der Waals surface area contributed by atoms with E-state index in [1.54, 1.807) is 0 Å². The first kappa shape index (κ1) is 44.2. The van der Waals surface area contributed by atoms with Crippen LogP contribution in [-0.4, -0.2) is 6.71 Å². The van der Waals surface area contributed by atoms with Crippen molar-refractivity contribution in [1.82, 2.24) is 0 Å². The number of benzene rings is 7. The van der Waals surface area contributed by atoms with Crippen molar-refractivity contribution in [2.45, 2.75) is 149 Å². The predicted octanol–water partition coefficient (Wildman–Crippen LogP) is 15.7. The standard InChI is InChI=1S/C65H70BN3/c1-40-29-57-59-58(30-40)69(55-35-50-47(31-41(55)2)61(5,6)38-64(50,11)12)54-28-26-45(67(42-21-17-15-18-22-42)43-23-19-16-20-24-43)33-52(54)66(59)53-34-49-51(65(13,14)39-63(49,9)10)36-56(53)68(57)44-25-27-46-48(32-44)62(7,8)37-60(46,3)4/h15-36H,37-39H2,1-14H3. The highest BCUT2D eigenvalue weighted by molar-refractivity contribution is 7.00. The summed E-state index contributed by atoms with van der Waals surface area (Å²) in [6.45, 7) is 34.1. The zero-order chi connectivity index (χ0) is 48.5. The molecule has 0 fully saturated rings. The Hall–Kier alpha value is -6.00. The van der Waals surface area contributed by atoms with Crippen molar-refractivity contribution in [2.75, 3.05) is 14.7 Å². The molecule has 69 heavy (non-hydrogen) atoms. The smallest absolute Gasteiger partial charge is 0.252 e. The normalized spacial score (nSPS) is 19.6. The third-order valence-corrected chi connectivity index (χ3v) is 17.5. The third-order valence-electron chi connectivity index (χ3n) is 17.5. The van der Waals surface area contributed by atoms with Gasteiger partial charge in [-0.15, -0.1) is 0 Å². The summed E-state index contributed by atoms with van der Waals surface area (Å²) in [6.07, 6.45) is 3.39. The fourth-order valence-electron chi connectivity index (χ4n) is 15.3. The lowest BCUT2D eigenvalue weighted by Gasteiger charge is -2.45. The van der Waals surface area contributed by atoms with Crippen LogP contribution in [0.5, 0.6) is 0 Å². The number of hydrogen-bond donors (Lipinski definition) is 0. The molecule has 0 bridgehead atoms. The number of fused-ring (bicyclic) bond motifs is 7. The second-order valence-corrected chi connectivity index (χ2v) is 25.8. The van der Waals surface area contributed by atoms with E-state index in [1.165, 1.54) is 95.0 Å². The maximum atomic E-state index is 2.69. The molecule has 0 saturated heterocycles. The van der Waals surface area contributed by atoms with E-state index in [9.17, 15) is 0 Å². The Morgan fingerprint density at radius 2 is 0.841 bits per heavy atom. The van der Waals surface area contributed by atoms with Gasteiger partial charge < -0.3 is 14.7 Å². The number of para-hydroxylation sites is 2. The zero-order valence-electron chi connectivity index (χ0n) is 43.7. The van der Waals surface area contributed by atoms with Gasteiger partial charge in [0.2, 0.25) is 0 Å². The molecular weight excluding hydrogens is 834 g/mol. The van der Waals surface area contributed by atoms with Gasteiger partial charge in [-0.25, -0.2) is 0 Å². The molecule has 5 aliphatic rings. The van der Waals surface area contributed by atoms with Crippen LogP contribution in [0, 0.1) is 13.8 Å². The van der Waals surface area contributed by atoms with E-state index in [0.717, 1.165) is 36.3 Å². The van der Waals surface area contributed by atoms with Gasteiger partial charge in [0.1, 0.15) is 0 Å². The van der Waals surface area contributed by atoms with E-state index in [2.05, 4.69) is 245 Å². The van der Waals surface area contributed by atoms with Gasteiger partial charge in [0.25, 0.3) is 6.71 Å². The highest BCUT2D eigenvalue weighted by Gasteiger charge is 2.50. The van der Waals surface area contributed by atoms with Crippen molar-refractivity contribution < 1.29 is 0 Å². The summed E-state index contributed by atoms with van der Waals surface area (Å²) < 4.78 is 0. The summed E-state index contributed by atoms with van der Waals surface area (Å²) in [4.78, 5) is 7.81. The Kier molecular flexibility index (Phi) is 9.17. The number of anilines is 9. The summed E-state index contributed by atoms with van der Waals surface area (Å²) in [7, 11) is 0. The van der Waals surface area contributed by atoms with Crippen molar-refractivity contribution in [2.24, 2.45) is 0 Å². The lowest BCUT2D eigenvalue weighted by Crippen LogP contribution is -2.61. The lowest BCUT2D eigenvalue weighted by molar-refractivity contribution is 0.402. The number of aryl methyl sites for hydroxylation is 2. The molecule has 7 aromatic rings. The van der Waals surface area contributed by atoms with Gasteiger partial charge in [-0.1, -0.05) is 138 Å². The molecule has 2 heterocycles. The molecule has 0 saturated carbocycles. The predicted molar refractivity (Wildman–Crippen MR) is 297 cm³/mol. The third kappa shape index (κ3) is 6.45. The SMILES string of the molecule is Cc1cc2c3c(c1)N(c1cc4c(cc1C)C(C)(C)CC4(C)C)c1ccc(N(c4ccccc4)c4ccccc4)cc1B3c1cc3c(cc1N2c1ccc2c(c1)C(C)(C)CC2(C)C)C(C)(C)CC3(C)C. The Bertz CT molecular complexity index is 3260. The summed E-state index contributed by atoms with van der Waals surface area (Å²) in [5.74, 6) is 0. The van der Waals surface area contributed by atoms with Crippen LogP contribution < -0.4 is 31.1 Å². The number of rotatable bonds is 5. The van der Waals surface area contributed by atoms with Crippen LogP contribution in [0.15, 0.2) is 133 Å². The average molecular weight is 904 g/mol. The van der Waals surface area contributed by atoms with Crippen molar-refractivity contribution in [3.05, 3.63) is 178 Å². The van der Waals surface area contributed by atoms with E-state index < -0.39 is 0 Å². The molecule has 0 amide bonds. The summed E-state index contributed by atoms with van der Waals surface area (Å²) in [6, 6.07) is 52.2. The summed E-state index contributed by atoms with van der Waals surface area (Å²) in [5, 5.41) is 0. The monoisotopic (exact) mass is 904 g/mol. The van der Waals surface area contributed by atoms with Crippen LogP contribution in [0.2, 0.25) is 0 Å². The molecule has 0 unspecified atom stereocenters. The highest BCUT2D eigenvalue weighted by Crippen LogP contribution is 2.57. The highest BCUT2D eigenvalue weighted by atomic mass is 15.2. The first-order chi connectivity index (χ1) is 32.5. The molecule has 3 aliphatic carbocycles. The molecule has 3 nitrogen and oxygen atoms in total. The molecule has 0 N–H and O–H groups in total. The molecule has 0 spiro atoms. The minimum Gasteiger partial charge on any atom is -0.311 e. The van der Waals surface area contributed by atoms with Crippen LogP contribution in [-0.2, 0) is 32.5 Å². The Balaban J connectivity index is 1.19. The Morgan fingerprint density at radius 3 is 1.41 bits per heavy atom. The fraction of sp³-hybridized carbons (Fsp3) is 0.354. The lowest BCUT2D eigenvalue weighted by atomic mass is 9.33. The van der Waals surface area contributed by atoms with E-state index in [1.807, 2.05) is 0 Å². The van der Waals surface area contributed by atoms with Crippen molar-refractivity contribution in [1.29, 1.82) is 0 Å². The van der Waals surface area contributed by atoms with Gasteiger partial charge in [-0.3, -0.25) is 0 Å². The topological polar surface area (TPSA) is 9.72 Å². The van der Waals surface area contributed by atoms with Crippen LogP contribution in [0.3, 0.4) is 0 Å². The quantitative estimate of drug-likeness (QED) is 0.159. The zero-order valence-corrected chi connectivity index (χ0v) is 43.7. The molecule has 4 heteroatoms. The second-order valence-electron chi connectivity index (χ2n) is 25.8. The van der Waals surface area contributed by atoms with Crippen LogP contribution >= 0.6 is 0 Å². The van der Waals surface area contributed by atoms with E-state index in [0.29, 0.717) is 0 Å². The van der Waals surface area contributed by atoms with Gasteiger partial charge in [0.15, 0.2) is 0 Å². The van der Waals surface area contributed by atoms with Crippen molar-refractivity contribution in [3.8, 4) is 0 Å². The first-order valence-electron chi connectivity index (χ1n) is 25.8. The maximum Gasteiger partial charge on any atom is 0.252 e. The van der Waals surface area contributed by atoms with E-state index in [-0.39, 0.29) is 39.2 Å². The van der Waals surface area contributed by atoms with Crippen molar-refractivity contribution in [3.63, 3.8) is 0 Å². The molecule has 2 aliphatic heterocycles. The molecule has 348 valence electrons. The number of hydrogen-bond acceptors (Lipinski definition) is 3. The number of nitrogens with zero attached hydrogens (tertiary/aromatic N) is 3. The van der Waals surface area contributed by atoms with Crippen LogP contribution in [0.4, 0.5) is 51.2 Å². The van der Waals surface area contributed by atoms with Crippen LogP contribution in [0.1, 0.15) is 147 Å².